The van der Waals surface area contributed by atoms with E-state index in [9.17, 15) is 4.79 Å². The van der Waals surface area contributed by atoms with E-state index < -0.39 is 0 Å². The van der Waals surface area contributed by atoms with E-state index in [4.69, 9.17) is 0 Å². The molecule has 2 heteroatoms. The molecule has 2 nitrogen and oxygen atoms in total. The number of carbonyl (C=O) groups is 1. The smallest absolute Gasteiger partial charge is 0.219 e. The first-order valence-corrected chi connectivity index (χ1v) is 7.05. The van der Waals surface area contributed by atoms with E-state index in [1.165, 1.54) is 44.9 Å². The SMILES string of the molecule is CCCCCCCCC/C=C/CN(C)C(C)=O. The van der Waals surface area contributed by atoms with E-state index in [-0.39, 0.29) is 5.91 Å². The highest BCUT2D eigenvalue weighted by atomic mass is 16.2. The molecule has 0 aliphatic heterocycles. The van der Waals surface area contributed by atoms with Crippen LogP contribution in [-0.4, -0.2) is 24.4 Å². The maximum atomic E-state index is 10.9. The molecule has 17 heavy (non-hydrogen) atoms. The fourth-order valence-corrected chi connectivity index (χ4v) is 1.70. The number of rotatable bonds is 10. The first-order valence-electron chi connectivity index (χ1n) is 7.05. The maximum absolute atomic E-state index is 10.9. The van der Waals surface area contributed by atoms with Crippen LogP contribution in [0.3, 0.4) is 0 Å². The van der Waals surface area contributed by atoms with Crippen LogP contribution in [0.4, 0.5) is 0 Å². The van der Waals surface area contributed by atoms with Gasteiger partial charge in [-0.15, -0.1) is 0 Å². The molecule has 0 spiro atoms. The summed E-state index contributed by atoms with van der Waals surface area (Å²) in [6, 6.07) is 0. The monoisotopic (exact) mass is 239 g/mol. The number of carbonyl (C=O) groups excluding carboxylic acids is 1. The molecule has 0 aromatic heterocycles. The molecule has 0 fully saturated rings. The lowest BCUT2D eigenvalue weighted by atomic mass is 10.1. The second kappa shape index (κ2) is 11.7. The van der Waals surface area contributed by atoms with E-state index in [0.717, 1.165) is 13.0 Å². The van der Waals surface area contributed by atoms with Gasteiger partial charge in [-0.1, -0.05) is 57.6 Å². The third-order valence-corrected chi connectivity index (χ3v) is 3.06. The van der Waals surface area contributed by atoms with Crippen molar-refractivity contribution in [1.29, 1.82) is 0 Å². The van der Waals surface area contributed by atoms with Gasteiger partial charge in [0.15, 0.2) is 0 Å². The predicted octanol–water partition coefficient (Wildman–Crippen LogP) is 4.16. The molecule has 0 N–H and O–H groups in total. The van der Waals surface area contributed by atoms with Crippen LogP contribution in [0.15, 0.2) is 12.2 Å². The molecule has 0 heterocycles. The number of likely N-dealkylation sites (N-methyl/N-ethyl adjacent to an activating group) is 1. The first kappa shape index (κ1) is 16.2. The lowest BCUT2D eigenvalue weighted by molar-refractivity contribution is -0.127. The zero-order valence-corrected chi connectivity index (χ0v) is 11.9. The lowest BCUT2D eigenvalue weighted by Gasteiger charge is -2.10. The highest BCUT2D eigenvalue weighted by Crippen LogP contribution is 2.08. The Hall–Kier alpha value is -0.790. The van der Waals surface area contributed by atoms with Gasteiger partial charge in [-0.3, -0.25) is 4.79 Å². The van der Waals surface area contributed by atoms with Crippen molar-refractivity contribution in [2.45, 2.75) is 65.2 Å². The zero-order valence-electron chi connectivity index (χ0n) is 11.9. The summed E-state index contributed by atoms with van der Waals surface area (Å²) in [6.07, 6.45) is 15.0. The summed E-state index contributed by atoms with van der Waals surface area (Å²) in [6.45, 7) is 4.60. The van der Waals surface area contributed by atoms with Crippen molar-refractivity contribution in [2.24, 2.45) is 0 Å². The van der Waals surface area contributed by atoms with Crippen molar-refractivity contribution >= 4 is 5.91 Å². The van der Waals surface area contributed by atoms with Gasteiger partial charge in [0.25, 0.3) is 0 Å². The number of allylic oxidation sites excluding steroid dienone is 1. The van der Waals surface area contributed by atoms with Crippen molar-refractivity contribution in [2.75, 3.05) is 13.6 Å². The second-order valence-electron chi connectivity index (χ2n) is 4.78. The Morgan fingerprint density at radius 1 is 1.00 bits per heavy atom. The van der Waals surface area contributed by atoms with Gasteiger partial charge in [-0.05, 0) is 12.8 Å². The maximum Gasteiger partial charge on any atom is 0.219 e. The van der Waals surface area contributed by atoms with E-state index >= 15 is 0 Å². The Morgan fingerprint density at radius 2 is 1.59 bits per heavy atom. The average molecular weight is 239 g/mol. The summed E-state index contributed by atoms with van der Waals surface area (Å²) in [5.74, 6) is 0.130. The highest BCUT2D eigenvalue weighted by molar-refractivity contribution is 5.72. The van der Waals surface area contributed by atoms with Crippen LogP contribution in [0, 0.1) is 0 Å². The summed E-state index contributed by atoms with van der Waals surface area (Å²) in [5, 5.41) is 0. The largest absolute Gasteiger partial charge is 0.342 e. The highest BCUT2D eigenvalue weighted by Gasteiger charge is 1.96. The van der Waals surface area contributed by atoms with Crippen molar-refractivity contribution in [3.63, 3.8) is 0 Å². The molecule has 0 unspecified atom stereocenters. The van der Waals surface area contributed by atoms with Crippen LogP contribution in [-0.2, 0) is 4.79 Å². The van der Waals surface area contributed by atoms with Crippen molar-refractivity contribution in [3.05, 3.63) is 12.2 Å². The van der Waals surface area contributed by atoms with Gasteiger partial charge in [0.05, 0.1) is 0 Å². The standard InChI is InChI=1S/C15H29NO/c1-4-5-6-7-8-9-10-11-12-13-14-16(3)15(2)17/h12-13H,4-11,14H2,1-3H3/b13-12+. The fraction of sp³-hybridized carbons (Fsp3) is 0.800. The quantitative estimate of drug-likeness (QED) is 0.414. The number of hydrogen-bond acceptors (Lipinski definition) is 1. The molecular formula is C15H29NO. The summed E-state index contributed by atoms with van der Waals surface area (Å²) in [7, 11) is 1.83. The van der Waals surface area contributed by atoms with E-state index in [1.807, 2.05) is 7.05 Å². The molecular weight excluding hydrogens is 210 g/mol. The van der Waals surface area contributed by atoms with Gasteiger partial charge in [0.2, 0.25) is 5.91 Å². The van der Waals surface area contributed by atoms with Crippen LogP contribution in [0.2, 0.25) is 0 Å². The van der Waals surface area contributed by atoms with Gasteiger partial charge in [0.1, 0.15) is 0 Å². The summed E-state index contributed by atoms with van der Waals surface area (Å²) < 4.78 is 0. The summed E-state index contributed by atoms with van der Waals surface area (Å²) in [4.78, 5) is 12.7. The molecule has 0 aromatic carbocycles. The summed E-state index contributed by atoms with van der Waals surface area (Å²) in [5.41, 5.74) is 0. The minimum absolute atomic E-state index is 0.130. The molecule has 0 atom stereocenters. The average Bonchev–Trinajstić information content (AvgIpc) is 2.31. The second-order valence-corrected chi connectivity index (χ2v) is 4.78. The first-order chi connectivity index (χ1) is 8.18. The topological polar surface area (TPSA) is 20.3 Å². The number of nitrogens with zero attached hydrogens (tertiary/aromatic N) is 1. The van der Waals surface area contributed by atoms with Crippen LogP contribution < -0.4 is 0 Å². The van der Waals surface area contributed by atoms with Gasteiger partial charge in [0, 0.05) is 20.5 Å². The number of hydrogen-bond donors (Lipinski definition) is 0. The minimum atomic E-state index is 0.130. The zero-order chi connectivity index (χ0) is 12.9. The molecule has 0 radical (unpaired) electrons. The van der Waals surface area contributed by atoms with Crippen LogP contribution >= 0.6 is 0 Å². The normalized spacial score (nSPS) is 11.0. The Morgan fingerprint density at radius 3 is 2.18 bits per heavy atom. The van der Waals surface area contributed by atoms with Gasteiger partial charge in [-0.25, -0.2) is 0 Å². The molecule has 0 aromatic rings. The Bertz CT molecular complexity index is 211. The van der Waals surface area contributed by atoms with Crippen molar-refractivity contribution < 1.29 is 4.79 Å². The molecule has 0 saturated carbocycles. The molecule has 0 aliphatic rings. The van der Waals surface area contributed by atoms with E-state index in [0.29, 0.717) is 0 Å². The van der Waals surface area contributed by atoms with Crippen molar-refractivity contribution in [3.8, 4) is 0 Å². The van der Waals surface area contributed by atoms with Crippen LogP contribution in [0.5, 0.6) is 0 Å². The summed E-state index contributed by atoms with van der Waals surface area (Å²) >= 11 is 0. The minimum Gasteiger partial charge on any atom is -0.342 e. The molecule has 0 aliphatic carbocycles. The Kier molecular flexibility index (Phi) is 11.1. The number of unbranched alkanes of at least 4 members (excludes halogenated alkanes) is 7. The van der Waals surface area contributed by atoms with Crippen LogP contribution in [0.1, 0.15) is 65.2 Å². The van der Waals surface area contributed by atoms with E-state index in [1.54, 1.807) is 11.8 Å². The molecule has 0 bridgehead atoms. The fourth-order valence-electron chi connectivity index (χ4n) is 1.70. The molecule has 100 valence electrons. The van der Waals surface area contributed by atoms with Gasteiger partial charge in [-0.2, -0.15) is 0 Å². The van der Waals surface area contributed by atoms with Gasteiger partial charge < -0.3 is 4.90 Å². The number of amides is 1. The third-order valence-electron chi connectivity index (χ3n) is 3.06. The molecule has 0 saturated heterocycles. The predicted molar refractivity (Wildman–Crippen MR) is 75.1 cm³/mol. The van der Waals surface area contributed by atoms with E-state index in [2.05, 4.69) is 19.1 Å². The molecule has 0 rings (SSSR count). The van der Waals surface area contributed by atoms with Crippen LogP contribution in [0.25, 0.3) is 0 Å². The van der Waals surface area contributed by atoms with Gasteiger partial charge >= 0.3 is 0 Å². The third kappa shape index (κ3) is 11.5. The Balaban J connectivity index is 3.22. The lowest BCUT2D eigenvalue weighted by Crippen LogP contribution is -2.23. The van der Waals surface area contributed by atoms with Crippen molar-refractivity contribution in [1.82, 2.24) is 4.90 Å². The Labute approximate surface area is 107 Å². The molecule has 1 amide bonds.